The van der Waals surface area contributed by atoms with Gasteiger partial charge in [0.2, 0.25) is 5.88 Å². The van der Waals surface area contributed by atoms with Crippen molar-refractivity contribution in [3.8, 4) is 5.88 Å². The number of nitrogens with one attached hydrogen (secondary N) is 1. The van der Waals surface area contributed by atoms with E-state index in [-0.39, 0.29) is 0 Å². The van der Waals surface area contributed by atoms with E-state index < -0.39 is 0 Å². The van der Waals surface area contributed by atoms with Crippen LogP contribution in [0.15, 0.2) is 18.2 Å². The lowest BCUT2D eigenvalue weighted by Crippen LogP contribution is -2.39. The molecule has 3 rings (SSSR count). The van der Waals surface area contributed by atoms with Gasteiger partial charge in [0.25, 0.3) is 0 Å². The number of aromatic nitrogens is 1. The highest BCUT2D eigenvalue weighted by atomic mass is 16.5. The minimum Gasteiger partial charge on any atom is -0.481 e. The fourth-order valence-corrected chi connectivity index (χ4v) is 3.06. The third-order valence-corrected chi connectivity index (χ3v) is 4.31. The number of pyridine rings is 1. The molecule has 1 aromatic rings. The first kappa shape index (κ1) is 13.8. The molecule has 2 aliphatic rings. The van der Waals surface area contributed by atoms with Gasteiger partial charge in [0, 0.05) is 25.2 Å². The lowest BCUT2D eigenvalue weighted by Gasteiger charge is -2.30. The summed E-state index contributed by atoms with van der Waals surface area (Å²) in [6, 6.07) is 6.84. The maximum absolute atomic E-state index is 5.22. The molecule has 1 aliphatic carbocycles. The monoisotopic (exact) mass is 275 g/mol. The maximum Gasteiger partial charge on any atom is 0.213 e. The van der Waals surface area contributed by atoms with Crippen molar-refractivity contribution in [1.29, 1.82) is 0 Å². The lowest BCUT2D eigenvalue weighted by atomic mass is 9.99. The van der Waals surface area contributed by atoms with Crippen LogP contribution in [0.1, 0.15) is 31.4 Å². The summed E-state index contributed by atoms with van der Waals surface area (Å²) in [5.41, 5.74) is 1.13. The van der Waals surface area contributed by atoms with E-state index in [2.05, 4.69) is 21.3 Å². The van der Waals surface area contributed by atoms with E-state index in [1.807, 2.05) is 12.1 Å². The van der Waals surface area contributed by atoms with Crippen molar-refractivity contribution in [2.75, 3.05) is 26.7 Å². The molecule has 1 saturated heterocycles. The van der Waals surface area contributed by atoms with Crippen LogP contribution in [-0.2, 0) is 6.54 Å². The number of methoxy groups -OCH3 is 1. The van der Waals surface area contributed by atoms with Gasteiger partial charge in [-0.25, -0.2) is 4.98 Å². The Hall–Kier alpha value is -1.13. The third kappa shape index (κ3) is 3.70. The Morgan fingerprint density at radius 2 is 2.25 bits per heavy atom. The summed E-state index contributed by atoms with van der Waals surface area (Å²) < 4.78 is 5.22. The van der Waals surface area contributed by atoms with Crippen LogP contribution in [0.4, 0.5) is 0 Å². The Balaban J connectivity index is 1.61. The Labute approximate surface area is 121 Å². The Bertz CT molecular complexity index is 427. The van der Waals surface area contributed by atoms with Crippen LogP contribution >= 0.6 is 0 Å². The number of ether oxygens (including phenoxy) is 1. The highest BCUT2D eigenvalue weighted by molar-refractivity contribution is 5.15. The van der Waals surface area contributed by atoms with Crippen LogP contribution in [0.25, 0.3) is 0 Å². The SMILES string of the molecule is COc1cccc(CN(CC2CCCNC2)C2CC2)n1. The number of nitrogens with zero attached hydrogens (tertiary/aromatic N) is 2. The van der Waals surface area contributed by atoms with Gasteiger partial charge < -0.3 is 10.1 Å². The van der Waals surface area contributed by atoms with Crippen molar-refractivity contribution in [3.05, 3.63) is 23.9 Å². The molecule has 20 heavy (non-hydrogen) atoms. The molecule has 0 amide bonds. The predicted octanol–water partition coefficient (Wildman–Crippen LogP) is 2.05. The van der Waals surface area contributed by atoms with Crippen molar-refractivity contribution >= 4 is 0 Å². The van der Waals surface area contributed by atoms with Crippen LogP contribution in [0.5, 0.6) is 5.88 Å². The molecule has 4 nitrogen and oxygen atoms in total. The second-order valence-electron chi connectivity index (χ2n) is 6.04. The van der Waals surface area contributed by atoms with Crippen LogP contribution in [0.3, 0.4) is 0 Å². The first-order valence-electron chi connectivity index (χ1n) is 7.80. The summed E-state index contributed by atoms with van der Waals surface area (Å²) in [6.07, 6.45) is 5.39. The van der Waals surface area contributed by atoms with E-state index in [0.29, 0.717) is 0 Å². The van der Waals surface area contributed by atoms with Crippen molar-refractivity contribution < 1.29 is 4.74 Å². The topological polar surface area (TPSA) is 37.4 Å². The molecule has 110 valence electrons. The van der Waals surface area contributed by atoms with Gasteiger partial charge >= 0.3 is 0 Å². The Morgan fingerprint density at radius 3 is 2.95 bits per heavy atom. The minimum absolute atomic E-state index is 0.720. The van der Waals surface area contributed by atoms with Gasteiger partial charge in [0.05, 0.1) is 12.8 Å². The average molecular weight is 275 g/mol. The predicted molar refractivity (Wildman–Crippen MR) is 79.8 cm³/mol. The molecule has 1 unspecified atom stereocenters. The van der Waals surface area contributed by atoms with Crippen molar-refractivity contribution in [2.24, 2.45) is 5.92 Å². The molecule has 1 atom stereocenters. The summed E-state index contributed by atoms with van der Waals surface area (Å²) in [4.78, 5) is 7.18. The first-order chi connectivity index (χ1) is 9.85. The number of rotatable bonds is 6. The molecule has 0 aromatic carbocycles. The third-order valence-electron chi connectivity index (χ3n) is 4.31. The molecular formula is C16H25N3O. The van der Waals surface area contributed by atoms with Gasteiger partial charge in [-0.15, -0.1) is 0 Å². The molecule has 1 N–H and O–H groups in total. The second kappa shape index (κ2) is 6.55. The fraction of sp³-hybridized carbons (Fsp3) is 0.688. The van der Waals surface area contributed by atoms with Crippen molar-refractivity contribution in [3.63, 3.8) is 0 Å². The van der Waals surface area contributed by atoms with Gasteiger partial charge in [-0.1, -0.05) is 6.07 Å². The van der Waals surface area contributed by atoms with Gasteiger partial charge in [0.1, 0.15) is 0 Å². The highest BCUT2D eigenvalue weighted by Crippen LogP contribution is 2.30. The first-order valence-corrected chi connectivity index (χ1v) is 7.80. The van der Waals surface area contributed by atoms with E-state index in [0.717, 1.165) is 30.1 Å². The van der Waals surface area contributed by atoms with E-state index in [9.17, 15) is 0 Å². The standard InChI is InChI=1S/C16H25N3O/c1-20-16-6-2-5-14(18-16)12-19(15-7-8-15)11-13-4-3-9-17-10-13/h2,5-6,13,15,17H,3-4,7-12H2,1H3. The fourth-order valence-electron chi connectivity index (χ4n) is 3.06. The minimum atomic E-state index is 0.720. The molecule has 0 spiro atoms. The van der Waals surface area contributed by atoms with Crippen LogP contribution < -0.4 is 10.1 Å². The van der Waals surface area contributed by atoms with Crippen LogP contribution in [-0.4, -0.2) is 42.7 Å². The number of piperidine rings is 1. The summed E-state index contributed by atoms with van der Waals surface area (Å²) in [6.45, 7) is 4.53. The van der Waals surface area contributed by atoms with E-state index in [4.69, 9.17) is 4.74 Å². The number of hydrogen-bond acceptors (Lipinski definition) is 4. The highest BCUT2D eigenvalue weighted by Gasteiger charge is 2.31. The Kier molecular flexibility index (Phi) is 4.53. The second-order valence-corrected chi connectivity index (χ2v) is 6.04. The lowest BCUT2D eigenvalue weighted by molar-refractivity contribution is 0.190. The van der Waals surface area contributed by atoms with E-state index in [1.165, 1.54) is 45.3 Å². The molecule has 1 aromatic heterocycles. The molecular weight excluding hydrogens is 250 g/mol. The van der Waals surface area contributed by atoms with Gasteiger partial charge in [-0.3, -0.25) is 4.90 Å². The largest absolute Gasteiger partial charge is 0.481 e. The molecule has 1 aliphatic heterocycles. The maximum atomic E-state index is 5.22. The quantitative estimate of drug-likeness (QED) is 0.862. The molecule has 2 fully saturated rings. The van der Waals surface area contributed by atoms with Crippen molar-refractivity contribution in [2.45, 2.75) is 38.3 Å². The molecule has 1 saturated carbocycles. The van der Waals surface area contributed by atoms with E-state index in [1.54, 1.807) is 7.11 Å². The average Bonchev–Trinajstić information content (AvgIpc) is 3.33. The summed E-state index contributed by atoms with van der Waals surface area (Å²) in [5, 5.41) is 3.52. The van der Waals surface area contributed by atoms with Crippen LogP contribution in [0.2, 0.25) is 0 Å². The van der Waals surface area contributed by atoms with E-state index >= 15 is 0 Å². The molecule has 4 heteroatoms. The summed E-state index contributed by atoms with van der Waals surface area (Å²) in [7, 11) is 1.68. The smallest absolute Gasteiger partial charge is 0.213 e. The summed E-state index contributed by atoms with van der Waals surface area (Å²) in [5.74, 6) is 1.52. The zero-order valence-corrected chi connectivity index (χ0v) is 12.3. The Morgan fingerprint density at radius 1 is 1.35 bits per heavy atom. The van der Waals surface area contributed by atoms with Gasteiger partial charge in [0.15, 0.2) is 0 Å². The van der Waals surface area contributed by atoms with Gasteiger partial charge in [-0.2, -0.15) is 0 Å². The zero-order chi connectivity index (χ0) is 13.8. The normalized spacial score (nSPS) is 23.0. The van der Waals surface area contributed by atoms with Crippen molar-refractivity contribution in [1.82, 2.24) is 15.2 Å². The summed E-state index contributed by atoms with van der Waals surface area (Å²) >= 11 is 0. The zero-order valence-electron chi connectivity index (χ0n) is 12.3. The van der Waals surface area contributed by atoms with Gasteiger partial charge in [-0.05, 0) is 50.8 Å². The number of hydrogen-bond donors (Lipinski definition) is 1. The van der Waals surface area contributed by atoms with Crippen LogP contribution in [0, 0.1) is 5.92 Å². The molecule has 2 heterocycles. The molecule has 0 radical (unpaired) electrons. The molecule has 0 bridgehead atoms.